The molecule has 1 aromatic heterocycles. The number of nitro benzene ring substituents is 1. The van der Waals surface area contributed by atoms with Gasteiger partial charge >= 0.3 is 11.9 Å². The molecule has 2 aromatic carbocycles. The molecule has 12 heteroatoms. The predicted molar refractivity (Wildman–Crippen MR) is 143 cm³/mol. The van der Waals surface area contributed by atoms with E-state index in [4.69, 9.17) is 9.47 Å². The fourth-order valence-corrected chi connectivity index (χ4v) is 5.12. The topological polar surface area (TPSA) is 149 Å². The van der Waals surface area contributed by atoms with Gasteiger partial charge in [-0.25, -0.2) is 9.78 Å². The second-order valence-corrected chi connectivity index (χ2v) is 9.51. The van der Waals surface area contributed by atoms with Crippen LogP contribution in [-0.2, 0) is 14.3 Å². The molecule has 2 heterocycles. The highest BCUT2D eigenvalue weighted by molar-refractivity contribution is 7.17. The van der Waals surface area contributed by atoms with E-state index in [0.29, 0.717) is 12.4 Å². The summed E-state index contributed by atoms with van der Waals surface area (Å²) in [6.45, 7) is 5.72. The number of amides is 1. The molecule has 0 bridgehead atoms. The maximum atomic E-state index is 13.4. The van der Waals surface area contributed by atoms with Crippen molar-refractivity contribution in [1.82, 2.24) is 4.98 Å². The van der Waals surface area contributed by atoms with Gasteiger partial charge in [-0.05, 0) is 38.0 Å². The zero-order valence-electron chi connectivity index (χ0n) is 21.4. The quantitative estimate of drug-likeness (QED) is 0.0973. The van der Waals surface area contributed by atoms with Crippen LogP contribution in [0.3, 0.4) is 0 Å². The number of aliphatic hydroxyl groups excluding tert-OH is 1. The summed E-state index contributed by atoms with van der Waals surface area (Å²) >= 11 is 0.850. The van der Waals surface area contributed by atoms with Crippen LogP contribution in [0.25, 0.3) is 5.76 Å². The maximum absolute atomic E-state index is 13.4. The molecule has 3 aromatic rings. The van der Waals surface area contributed by atoms with Crippen LogP contribution in [-0.4, -0.2) is 45.9 Å². The molecule has 1 aliphatic heterocycles. The van der Waals surface area contributed by atoms with Crippen molar-refractivity contribution >= 4 is 45.6 Å². The van der Waals surface area contributed by atoms with Crippen LogP contribution in [0.15, 0.2) is 54.1 Å². The molecule has 1 saturated heterocycles. The van der Waals surface area contributed by atoms with Gasteiger partial charge in [0.1, 0.15) is 16.4 Å². The van der Waals surface area contributed by atoms with Crippen molar-refractivity contribution in [2.45, 2.75) is 33.2 Å². The number of Topliss-reactive ketones (excluding diaryl/α,β-unsaturated/α-hetero) is 1. The van der Waals surface area contributed by atoms with E-state index in [2.05, 4.69) is 4.98 Å². The normalized spacial score (nSPS) is 16.4. The van der Waals surface area contributed by atoms with Crippen molar-refractivity contribution in [2.24, 2.45) is 0 Å². The van der Waals surface area contributed by atoms with E-state index < -0.39 is 34.4 Å². The number of carbonyl (C=O) groups is 3. The second-order valence-electron chi connectivity index (χ2n) is 8.53. The molecule has 1 N–H and O–H groups in total. The van der Waals surface area contributed by atoms with Crippen molar-refractivity contribution in [1.29, 1.82) is 0 Å². The van der Waals surface area contributed by atoms with Crippen LogP contribution < -0.4 is 9.64 Å². The molecule has 1 unspecified atom stereocenters. The number of thiazole rings is 1. The summed E-state index contributed by atoms with van der Waals surface area (Å²) in [5.41, 5.74) is 0.164. The summed E-state index contributed by atoms with van der Waals surface area (Å²) in [5, 5.41) is 22.9. The summed E-state index contributed by atoms with van der Waals surface area (Å²) < 4.78 is 10.7. The van der Waals surface area contributed by atoms with Gasteiger partial charge in [0, 0.05) is 17.7 Å². The lowest BCUT2D eigenvalue weighted by molar-refractivity contribution is -0.384. The first kappa shape index (κ1) is 27.5. The van der Waals surface area contributed by atoms with Gasteiger partial charge in [0.2, 0.25) is 0 Å². The number of non-ortho nitro benzene ring substituents is 1. The Morgan fingerprint density at radius 2 is 1.92 bits per heavy atom. The first-order chi connectivity index (χ1) is 18.7. The number of aliphatic hydroxyl groups is 1. The van der Waals surface area contributed by atoms with Crippen molar-refractivity contribution in [3.05, 3.63) is 85.9 Å². The van der Waals surface area contributed by atoms with E-state index in [0.717, 1.165) is 22.7 Å². The molecular formula is C27H25N3O8S. The highest BCUT2D eigenvalue weighted by atomic mass is 32.1. The van der Waals surface area contributed by atoms with Crippen LogP contribution in [0.4, 0.5) is 10.8 Å². The number of rotatable bonds is 9. The molecule has 11 nitrogen and oxygen atoms in total. The summed E-state index contributed by atoms with van der Waals surface area (Å²) in [5.74, 6) is -2.67. The Kier molecular flexibility index (Phi) is 8.05. The number of ether oxygens (including phenoxy) is 2. The molecule has 0 saturated carbocycles. The number of anilines is 1. The van der Waals surface area contributed by atoms with Gasteiger partial charge in [0.15, 0.2) is 5.13 Å². The standard InChI is InChI=1S/C27H25N3O8S/c1-4-12-38-19-11-7-9-17(14-19)22(31)20-21(16-8-6-10-18(13-16)30(35)36)29(25(33)23(20)32)27-28-15(3)24(39-27)26(34)37-5-2/h6-11,13-14,21,31H,4-5,12H2,1-3H3/b22-20+. The first-order valence-corrected chi connectivity index (χ1v) is 12.9. The Hall–Kier alpha value is -4.58. The third kappa shape index (κ3) is 5.36. The van der Waals surface area contributed by atoms with Gasteiger partial charge in [-0.1, -0.05) is 42.5 Å². The lowest BCUT2D eigenvalue weighted by atomic mass is 9.95. The SMILES string of the molecule is CCCOc1cccc(/C(O)=C2\C(=O)C(=O)N(c3nc(C)c(C(=O)OCC)s3)C2c2cccc([N+](=O)[O-])c2)c1. The Balaban J connectivity index is 1.91. The molecule has 1 amide bonds. The lowest BCUT2D eigenvalue weighted by Gasteiger charge is -2.23. The van der Waals surface area contributed by atoms with Crippen molar-refractivity contribution < 1.29 is 33.9 Å². The molecule has 0 radical (unpaired) electrons. The first-order valence-electron chi connectivity index (χ1n) is 12.1. The van der Waals surface area contributed by atoms with E-state index >= 15 is 0 Å². The van der Waals surface area contributed by atoms with Crippen molar-refractivity contribution in [3.63, 3.8) is 0 Å². The zero-order valence-corrected chi connectivity index (χ0v) is 22.2. The monoisotopic (exact) mass is 551 g/mol. The van der Waals surface area contributed by atoms with E-state index in [9.17, 15) is 29.6 Å². The van der Waals surface area contributed by atoms with Gasteiger partial charge < -0.3 is 14.6 Å². The van der Waals surface area contributed by atoms with E-state index in [1.165, 1.54) is 30.3 Å². The fraction of sp³-hybridized carbons (Fsp3) is 0.259. The molecule has 1 atom stereocenters. The third-order valence-corrected chi connectivity index (χ3v) is 7.01. The molecule has 0 aliphatic carbocycles. The number of aryl methyl sites for hydroxylation is 1. The molecule has 4 rings (SSSR count). The Labute approximate surface area is 227 Å². The highest BCUT2D eigenvalue weighted by Crippen LogP contribution is 2.44. The van der Waals surface area contributed by atoms with E-state index in [1.807, 2.05) is 6.92 Å². The summed E-state index contributed by atoms with van der Waals surface area (Å²) in [7, 11) is 0. The Morgan fingerprint density at radius 1 is 1.18 bits per heavy atom. The highest BCUT2D eigenvalue weighted by Gasteiger charge is 2.48. The smallest absolute Gasteiger partial charge is 0.350 e. The van der Waals surface area contributed by atoms with Gasteiger partial charge in [0.25, 0.3) is 11.5 Å². The molecule has 39 heavy (non-hydrogen) atoms. The second kappa shape index (κ2) is 11.4. The fourth-order valence-electron chi connectivity index (χ4n) is 4.13. The Morgan fingerprint density at radius 3 is 2.62 bits per heavy atom. The molecule has 1 aliphatic rings. The van der Waals surface area contributed by atoms with Gasteiger partial charge in [-0.15, -0.1) is 0 Å². The van der Waals surface area contributed by atoms with Crippen LogP contribution in [0.1, 0.15) is 52.8 Å². The summed E-state index contributed by atoms with van der Waals surface area (Å²) in [6, 6.07) is 10.6. The van der Waals surface area contributed by atoms with Crippen LogP contribution >= 0.6 is 11.3 Å². The minimum Gasteiger partial charge on any atom is -0.507 e. The summed E-state index contributed by atoms with van der Waals surface area (Å²) in [6.07, 6.45) is 0.759. The number of hydrogen-bond donors (Lipinski definition) is 1. The Bertz CT molecular complexity index is 1500. The van der Waals surface area contributed by atoms with Crippen molar-refractivity contribution in [2.75, 3.05) is 18.1 Å². The van der Waals surface area contributed by atoms with Gasteiger partial charge in [0.05, 0.1) is 35.4 Å². The van der Waals surface area contributed by atoms with Gasteiger partial charge in [-0.3, -0.25) is 24.6 Å². The molecule has 1 fully saturated rings. The van der Waals surface area contributed by atoms with Crippen LogP contribution in [0, 0.1) is 17.0 Å². The van der Waals surface area contributed by atoms with Crippen LogP contribution in [0.5, 0.6) is 5.75 Å². The van der Waals surface area contributed by atoms with E-state index in [1.54, 1.807) is 32.0 Å². The number of carbonyl (C=O) groups excluding carboxylic acids is 3. The minimum absolute atomic E-state index is 0.00763. The third-order valence-electron chi connectivity index (χ3n) is 5.87. The minimum atomic E-state index is -1.26. The largest absolute Gasteiger partial charge is 0.507 e. The average molecular weight is 552 g/mol. The maximum Gasteiger partial charge on any atom is 0.350 e. The molecular weight excluding hydrogens is 526 g/mol. The number of ketones is 1. The zero-order chi connectivity index (χ0) is 28.3. The number of nitrogens with zero attached hydrogens (tertiary/aromatic N) is 3. The molecule has 0 spiro atoms. The predicted octanol–water partition coefficient (Wildman–Crippen LogP) is 4.95. The number of nitro groups is 1. The van der Waals surface area contributed by atoms with E-state index in [-0.39, 0.29) is 44.7 Å². The number of hydrogen-bond acceptors (Lipinski definition) is 10. The van der Waals surface area contributed by atoms with Gasteiger partial charge in [-0.2, -0.15) is 0 Å². The lowest BCUT2D eigenvalue weighted by Crippen LogP contribution is -2.29. The number of benzene rings is 2. The summed E-state index contributed by atoms with van der Waals surface area (Å²) in [4.78, 5) is 55.7. The van der Waals surface area contributed by atoms with Crippen molar-refractivity contribution in [3.8, 4) is 5.75 Å². The number of esters is 1. The molecule has 202 valence electrons. The van der Waals surface area contributed by atoms with Crippen LogP contribution in [0.2, 0.25) is 0 Å². The average Bonchev–Trinajstić information content (AvgIpc) is 3.43. The number of aromatic nitrogens is 1.